The average Bonchev–Trinajstić information content (AvgIpc) is 4.12. The number of amides is 3. The van der Waals surface area contributed by atoms with Crippen molar-refractivity contribution in [2.24, 2.45) is 11.8 Å². The summed E-state index contributed by atoms with van der Waals surface area (Å²) in [5, 5.41) is 7.72. The number of carbonyl (C=O) groups excluding carboxylic acids is 3. The fourth-order valence-electron chi connectivity index (χ4n) is 13.2. The van der Waals surface area contributed by atoms with Crippen molar-refractivity contribution in [3.8, 4) is 11.5 Å². The van der Waals surface area contributed by atoms with Gasteiger partial charge in [0.1, 0.15) is 17.8 Å². The fourth-order valence-corrected chi connectivity index (χ4v) is 13.2. The molecule has 4 atom stereocenters. The smallest absolute Gasteiger partial charge is 0.260 e. The number of methoxy groups -OCH3 is 2. The molecule has 2 aliphatic heterocycles. The van der Waals surface area contributed by atoms with Gasteiger partial charge in [-0.25, -0.2) is 14.4 Å². The number of para-hydroxylation sites is 1. The normalized spacial score (nSPS) is 18.5. The van der Waals surface area contributed by atoms with Gasteiger partial charge in [0.2, 0.25) is 0 Å². The van der Waals surface area contributed by atoms with Crippen molar-refractivity contribution >= 4 is 39.5 Å². The van der Waals surface area contributed by atoms with Gasteiger partial charge in [0, 0.05) is 94.5 Å². The Hall–Kier alpha value is -7.60. The Labute approximate surface area is 459 Å². The monoisotopic (exact) mass is 1080 g/mol. The van der Waals surface area contributed by atoms with E-state index in [1.807, 2.05) is 45.0 Å². The van der Waals surface area contributed by atoms with Gasteiger partial charge >= 0.3 is 0 Å². The summed E-state index contributed by atoms with van der Waals surface area (Å²) in [5.41, 5.74) is 6.82. The molecule has 7 heterocycles. The molecule has 4 unspecified atom stereocenters. The van der Waals surface area contributed by atoms with Crippen LogP contribution in [0.25, 0.3) is 21.8 Å². The first-order chi connectivity index (χ1) is 37.9. The highest BCUT2D eigenvalue weighted by atomic mass is 19.1. The summed E-state index contributed by atoms with van der Waals surface area (Å²) in [6.45, 7) is 16.8. The van der Waals surface area contributed by atoms with Crippen molar-refractivity contribution in [2.75, 3.05) is 40.4 Å². The highest BCUT2D eigenvalue weighted by Gasteiger charge is 2.48. The lowest BCUT2D eigenvalue weighted by Crippen LogP contribution is -2.52. The van der Waals surface area contributed by atoms with Gasteiger partial charge in [-0.1, -0.05) is 24.3 Å². The van der Waals surface area contributed by atoms with Gasteiger partial charge in [-0.2, -0.15) is 0 Å². The third kappa shape index (κ3) is 10.5. The molecule has 0 spiro atoms. The van der Waals surface area contributed by atoms with Crippen LogP contribution >= 0.6 is 0 Å². The molecule has 7 aromatic rings. The van der Waals surface area contributed by atoms with Crippen LogP contribution in [0.4, 0.5) is 4.39 Å². The molecule has 18 heteroatoms. The Morgan fingerprint density at radius 2 is 1.32 bits per heavy atom. The number of nitrogens with zero attached hydrogens (tertiary/aromatic N) is 6. The van der Waals surface area contributed by atoms with Crippen LogP contribution in [0.3, 0.4) is 0 Å². The van der Waals surface area contributed by atoms with Gasteiger partial charge in [-0.15, -0.1) is 0 Å². The third-order valence-corrected chi connectivity index (χ3v) is 17.5. The number of H-pyrrole nitrogens is 2. The zero-order chi connectivity index (χ0) is 56.0. The van der Waals surface area contributed by atoms with E-state index in [4.69, 9.17) is 9.47 Å². The Kier molecular flexibility index (Phi) is 15.4. The molecule has 3 fully saturated rings. The summed E-state index contributed by atoms with van der Waals surface area (Å²) in [5.74, 6) is -0.120. The molecular weight excluding hydrogens is 1000 g/mol. The second-order valence-electron chi connectivity index (χ2n) is 22.4. The number of pyridine rings is 2. The van der Waals surface area contributed by atoms with Crippen LogP contribution in [0.1, 0.15) is 142 Å². The number of aromatic nitrogens is 6. The number of carbonyl (C=O) groups is 3. The molecule has 416 valence electrons. The van der Waals surface area contributed by atoms with Gasteiger partial charge in [0.15, 0.2) is 5.67 Å². The number of aryl methyl sites for hydroxylation is 3. The number of aromatic amines is 2. The second-order valence-corrected chi connectivity index (χ2v) is 22.4. The number of alkyl halides is 1. The highest BCUT2D eigenvalue weighted by Crippen LogP contribution is 2.45. The first-order valence-electron chi connectivity index (χ1n) is 27.7. The predicted octanol–water partition coefficient (Wildman–Crippen LogP) is 8.74. The Morgan fingerprint density at radius 3 is 1.90 bits per heavy atom. The third-order valence-electron chi connectivity index (χ3n) is 17.5. The molecule has 2 saturated heterocycles. The summed E-state index contributed by atoms with van der Waals surface area (Å²) in [7, 11) is 3.01. The highest BCUT2D eigenvalue weighted by molar-refractivity contribution is 6.09. The van der Waals surface area contributed by atoms with Crippen LogP contribution in [0.2, 0.25) is 0 Å². The number of hydrogen-bond donors (Lipinski definition) is 4. The molecule has 1 saturated carbocycles. The number of ether oxygens (including phenoxy) is 2. The van der Waals surface area contributed by atoms with Crippen LogP contribution < -0.4 is 31.2 Å². The number of hydrogen-bond acceptors (Lipinski definition) is 10. The summed E-state index contributed by atoms with van der Waals surface area (Å²) in [6, 6.07) is 19.8. The summed E-state index contributed by atoms with van der Waals surface area (Å²) in [4.78, 5) is 87.9. The number of rotatable bonds is 16. The van der Waals surface area contributed by atoms with E-state index in [-0.39, 0.29) is 84.6 Å². The van der Waals surface area contributed by atoms with Crippen molar-refractivity contribution in [1.29, 1.82) is 0 Å². The quantitative estimate of drug-likeness (QED) is 0.0725. The van der Waals surface area contributed by atoms with Crippen molar-refractivity contribution in [3.05, 3.63) is 150 Å². The lowest BCUT2D eigenvalue weighted by molar-refractivity contribution is -0.151. The number of likely N-dealkylation sites (tertiary alicyclic amines) is 2. The van der Waals surface area contributed by atoms with E-state index in [9.17, 15) is 24.0 Å². The van der Waals surface area contributed by atoms with Gasteiger partial charge in [-0.3, -0.25) is 28.9 Å². The molecule has 0 bridgehead atoms. The van der Waals surface area contributed by atoms with E-state index in [1.165, 1.54) is 14.2 Å². The molecule has 79 heavy (non-hydrogen) atoms. The van der Waals surface area contributed by atoms with Gasteiger partial charge in [-0.05, 0) is 147 Å². The maximum Gasteiger partial charge on any atom is 0.260 e. The molecule has 2 aromatic carbocycles. The maximum absolute atomic E-state index is 15.3. The standard InChI is InChI=1S/C61H73FN10O7/c1-34-25-43(66-33-65-34)31-69-22-19-44(38(5)72-39(6)54(45-13-10-11-14-50(45)72)58(75)63-29-47-52(78-8)26-35(2)67-56(47)73)49(32-69)42-15-16-51-46(28-42)55(59(76)64-30-48-53(79-9)27-36(3)68-57(48)74)40(7)71(51)37(4)41-17-23-70(24-18-41)60(77)61(62)20-12-21-61/h10-11,13-16,25-28,33,37-38,41,44,49H,12,17-24,29-32H2,1-9H3,(H,63,75)(H,64,76)(H,67,73)(H,68,74). The largest absolute Gasteiger partial charge is 0.496 e. The van der Waals surface area contributed by atoms with Gasteiger partial charge in [0.05, 0.1) is 55.3 Å². The number of fused-ring (bicyclic) bond motifs is 2. The summed E-state index contributed by atoms with van der Waals surface area (Å²) in [6.07, 6.45) is 5.10. The molecular formula is C61H73FN10O7. The fraction of sp³-hybridized carbons (Fsp3) is 0.459. The number of halogens is 1. The Bertz CT molecular complexity index is 3600. The van der Waals surface area contributed by atoms with Crippen molar-refractivity contribution in [1.82, 2.24) is 49.5 Å². The Morgan fingerprint density at radius 1 is 0.734 bits per heavy atom. The topological polar surface area (TPSA) is 202 Å². The van der Waals surface area contributed by atoms with E-state index in [0.717, 1.165) is 69.5 Å². The minimum absolute atomic E-state index is 0.0271. The lowest BCUT2D eigenvalue weighted by atomic mass is 9.76. The Balaban J connectivity index is 1.03. The summed E-state index contributed by atoms with van der Waals surface area (Å²) >= 11 is 0. The predicted molar refractivity (Wildman–Crippen MR) is 302 cm³/mol. The van der Waals surface area contributed by atoms with Crippen LogP contribution in [-0.4, -0.2) is 103 Å². The first kappa shape index (κ1) is 54.7. The number of piperidine rings is 2. The second kappa shape index (κ2) is 22.3. The van der Waals surface area contributed by atoms with Crippen molar-refractivity contribution in [2.45, 2.75) is 130 Å². The van der Waals surface area contributed by atoms with Crippen molar-refractivity contribution < 1.29 is 28.2 Å². The zero-order valence-electron chi connectivity index (χ0n) is 46.8. The van der Waals surface area contributed by atoms with E-state index < -0.39 is 5.67 Å². The van der Waals surface area contributed by atoms with Gasteiger partial charge < -0.3 is 44.1 Å². The first-order valence-corrected chi connectivity index (χ1v) is 27.7. The van der Waals surface area contributed by atoms with Gasteiger partial charge in [0.25, 0.3) is 28.8 Å². The average molecular weight is 1080 g/mol. The zero-order valence-corrected chi connectivity index (χ0v) is 46.8. The van der Waals surface area contributed by atoms with Crippen LogP contribution in [0, 0.1) is 46.5 Å². The molecule has 17 nitrogen and oxygen atoms in total. The minimum Gasteiger partial charge on any atom is -0.496 e. The molecule has 10 rings (SSSR count). The molecule has 3 amide bonds. The molecule has 0 radical (unpaired) electrons. The van der Waals surface area contributed by atoms with E-state index in [1.54, 1.807) is 37.2 Å². The molecule has 3 aliphatic rings. The van der Waals surface area contributed by atoms with Crippen LogP contribution in [0.5, 0.6) is 11.5 Å². The maximum atomic E-state index is 15.3. The van der Waals surface area contributed by atoms with E-state index in [2.05, 4.69) is 82.7 Å². The lowest BCUT2D eigenvalue weighted by Gasteiger charge is -2.42. The number of benzene rings is 2. The van der Waals surface area contributed by atoms with E-state index >= 15 is 4.39 Å². The molecule has 5 aromatic heterocycles. The number of nitrogens with one attached hydrogen (secondary N) is 4. The molecule has 4 N–H and O–H groups in total. The van der Waals surface area contributed by atoms with Crippen LogP contribution in [-0.2, 0) is 24.4 Å². The summed E-state index contributed by atoms with van der Waals surface area (Å²) < 4.78 is 31.1. The minimum atomic E-state index is -1.74. The molecule has 1 aliphatic carbocycles. The van der Waals surface area contributed by atoms with Crippen molar-refractivity contribution in [3.63, 3.8) is 0 Å². The SMILES string of the molecule is COc1cc(C)[nH]c(=O)c1CNC(=O)c1c(C)n(C(C)C2CCN(C(=O)C3(F)CCC3)CC2)c2ccc(C3CN(Cc4cc(C)ncn4)CCC3C(C)n3c(C)c(C(=O)NCc4c(OC)cc(C)[nH]c4=O)c4ccccc43)cc12. The van der Waals surface area contributed by atoms with E-state index in [0.29, 0.717) is 84.2 Å². The van der Waals surface area contributed by atoms with Crippen LogP contribution in [0.15, 0.2) is 76.6 Å².